The van der Waals surface area contributed by atoms with Crippen molar-refractivity contribution in [1.82, 2.24) is 4.72 Å². The molecule has 0 fully saturated rings. The van der Waals surface area contributed by atoms with E-state index in [1.807, 2.05) is 0 Å². The molecule has 0 saturated heterocycles. The van der Waals surface area contributed by atoms with Crippen LogP contribution in [0.2, 0.25) is 5.02 Å². The quantitative estimate of drug-likeness (QED) is 0.647. The zero-order valence-electron chi connectivity index (χ0n) is 12.0. The first-order valence-electron chi connectivity index (χ1n) is 6.69. The molecule has 0 amide bonds. The lowest BCUT2D eigenvalue weighted by atomic mass is 10.1. The Morgan fingerprint density at radius 2 is 1.91 bits per heavy atom. The van der Waals surface area contributed by atoms with Gasteiger partial charge in [0.25, 0.3) is 0 Å². The lowest BCUT2D eigenvalue weighted by Gasteiger charge is -2.10. The van der Waals surface area contributed by atoms with E-state index in [-0.39, 0.29) is 23.8 Å². The Labute approximate surface area is 134 Å². The summed E-state index contributed by atoms with van der Waals surface area (Å²) in [5.74, 6) is -0.368. The number of rotatable bonds is 6. The van der Waals surface area contributed by atoms with Crippen molar-refractivity contribution >= 4 is 38.4 Å². The third kappa shape index (κ3) is 3.76. The first kappa shape index (κ1) is 16.7. The van der Waals surface area contributed by atoms with Crippen LogP contribution in [0, 0.1) is 0 Å². The molecular weight excluding hydrogens is 326 g/mol. The molecule has 2 aromatic rings. The SMILES string of the molecule is COC(=O)CCCNS(=O)(=O)c1cccc2cccc(Cl)c12. The van der Waals surface area contributed by atoms with Crippen molar-refractivity contribution in [2.45, 2.75) is 17.7 Å². The summed E-state index contributed by atoms with van der Waals surface area (Å²) >= 11 is 6.14. The highest BCUT2D eigenvalue weighted by Gasteiger charge is 2.18. The third-order valence-corrected chi connectivity index (χ3v) is 5.00. The summed E-state index contributed by atoms with van der Waals surface area (Å²) in [6.45, 7) is 0.151. The summed E-state index contributed by atoms with van der Waals surface area (Å²) in [7, 11) is -2.40. The summed E-state index contributed by atoms with van der Waals surface area (Å²) < 4.78 is 31.8. The highest BCUT2D eigenvalue weighted by atomic mass is 35.5. The van der Waals surface area contributed by atoms with Gasteiger partial charge in [0.1, 0.15) is 0 Å². The summed E-state index contributed by atoms with van der Waals surface area (Å²) in [4.78, 5) is 11.1. The Bertz CT molecular complexity index is 784. The van der Waals surface area contributed by atoms with Crippen LogP contribution in [0.4, 0.5) is 0 Å². The van der Waals surface area contributed by atoms with Gasteiger partial charge in [-0.3, -0.25) is 4.79 Å². The smallest absolute Gasteiger partial charge is 0.305 e. The van der Waals surface area contributed by atoms with Crippen LogP contribution in [0.3, 0.4) is 0 Å². The molecule has 0 spiro atoms. The van der Waals surface area contributed by atoms with Gasteiger partial charge in [0.15, 0.2) is 0 Å². The molecule has 0 saturated carbocycles. The molecule has 1 N–H and O–H groups in total. The normalized spacial score (nSPS) is 11.5. The van der Waals surface area contributed by atoms with E-state index in [9.17, 15) is 13.2 Å². The minimum absolute atomic E-state index is 0.133. The van der Waals surface area contributed by atoms with Crippen LogP contribution >= 0.6 is 11.6 Å². The molecule has 5 nitrogen and oxygen atoms in total. The lowest BCUT2D eigenvalue weighted by molar-refractivity contribution is -0.140. The van der Waals surface area contributed by atoms with Crippen LogP contribution in [-0.2, 0) is 19.6 Å². The maximum Gasteiger partial charge on any atom is 0.305 e. The first-order chi connectivity index (χ1) is 10.5. The summed E-state index contributed by atoms with van der Waals surface area (Å²) in [6, 6.07) is 10.2. The first-order valence-corrected chi connectivity index (χ1v) is 8.55. The van der Waals surface area contributed by atoms with E-state index < -0.39 is 10.0 Å². The number of halogens is 1. The van der Waals surface area contributed by atoms with Gasteiger partial charge in [-0.05, 0) is 23.9 Å². The van der Waals surface area contributed by atoms with Crippen molar-refractivity contribution in [3.63, 3.8) is 0 Å². The van der Waals surface area contributed by atoms with Crippen molar-refractivity contribution < 1.29 is 17.9 Å². The van der Waals surface area contributed by atoms with Crippen LogP contribution in [0.5, 0.6) is 0 Å². The largest absolute Gasteiger partial charge is 0.469 e. The van der Waals surface area contributed by atoms with Crippen LogP contribution < -0.4 is 4.72 Å². The molecule has 0 aliphatic carbocycles. The number of carbonyl (C=O) groups excluding carboxylic acids is 1. The lowest BCUT2D eigenvalue weighted by Crippen LogP contribution is -2.25. The third-order valence-electron chi connectivity index (χ3n) is 3.18. The molecule has 0 aliphatic heterocycles. The molecule has 2 rings (SSSR count). The number of carbonyl (C=O) groups is 1. The zero-order chi connectivity index (χ0) is 16.2. The van der Waals surface area contributed by atoms with Crippen molar-refractivity contribution in [3.8, 4) is 0 Å². The molecule has 0 heterocycles. The van der Waals surface area contributed by atoms with Crippen molar-refractivity contribution in [2.24, 2.45) is 0 Å². The van der Waals surface area contributed by atoms with Gasteiger partial charge in [0.2, 0.25) is 10.0 Å². The molecule has 0 aromatic heterocycles. The summed E-state index contributed by atoms with van der Waals surface area (Å²) in [6.07, 6.45) is 0.527. The van der Waals surface area contributed by atoms with Gasteiger partial charge in [-0.2, -0.15) is 0 Å². The minimum Gasteiger partial charge on any atom is -0.469 e. The zero-order valence-corrected chi connectivity index (χ0v) is 13.6. The Morgan fingerprint density at radius 1 is 1.23 bits per heavy atom. The van der Waals surface area contributed by atoms with Gasteiger partial charge in [-0.1, -0.05) is 35.9 Å². The highest BCUT2D eigenvalue weighted by molar-refractivity contribution is 7.89. The number of hydrogen-bond acceptors (Lipinski definition) is 4. The number of hydrogen-bond donors (Lipinski definition) is 1. The number of benzene rings is 2. The Kier molecular flexibility index (Phi) is 5.39. The maximum absolute atomic E-state index is 12.4. The number of nitrogens with one attached hydrogen (secondary N) is 1. The van der Waals surface area contributed by atoms with Gasteiger partial charge in [0, 0.05) is 23.4 Å². The Morgan fingerprint density at radius 3 is 2.59 bits per heavy atom. The fraction of sp³-hybridized carbons (Fsp3) is 0.267. The van der Waals surface area contributed by atoms with Gasteiger partial charge < -0.3 is 4.74 Å². The molecule has 118 valence electrons. The van der Waals surface area contributed by atoms with E-state index in [2.05, 4.69) is 9.46 Å². The standard InChI is InChI=1S/C15H16ClNO4S/c1-21-14(18)9-4-10-17-22(19,20)13-8-3-6-11-5-2-7-12(16)15(11)13/h2-3,5-8,17H,4,9-10H2,1H3. The number of methoxy groups -OCH3 is 1. The molecule has 0 aliphatic rings. The maximum atomic E-state index is 12.4. The summed E-state index contributed by atoms with van der Waals surface area (Å²) in [5, 5.41) is 1.63. The second kappa shape index (κ2) is 7.09. The van der Waals surface area contributed by atoms with Gasteiger partial charge >= 0.3 is 5.97 Å². The molecule has 0 unspecified atom stereocenters. The monoisotopic (exact) mass is 341 g/mol. The number of ether oxygens (including phenoxy) is 1. The van der Waals surface area contributed by atoms with Crippen molar-refractivity contribution in [3.05, 3.63) is 41.4 Å². The summed E-state index contributed by atoms with van der Waals surface area (Å²) in [5.41, 5.74) is 0. The van der Waals surface area contributed by atoms with E-state index in [4.69, 9.17) is 11.6 Å². The molecule has 0 bridgehead atoms. The predicted molar refractivity (Wildman–Crippen MR) is 85.4 cm³/mol. The highest BCUT2D eigenvalue weighted by Crippen LogP contribution is 2.29. The molecular formula is C15H16ClNO4S. The molecule has 7 heteroatoms. The molecule has 2 aromatic carbocycles. The van der Waals surface area contributed by atoms with E-state index >= 15 is 0 Å². The second-order valence-corrected chi connectivity index (χ2v) is 6.81. The number of fused-ring (bicyclic) bond motifs is 1. The fourth-order valence-corrected chi connectivity index (χ4v) is 3.77. The van der Waals surface area contributed by atoms with Crippen molar-refractivity contribution in [2.75, 3.05) is 13.7 Å². The molecule has 0 radical (unpaired) electrons. The van der Waals surface area contributed by atoms with Gasteiger partial charge in [0.05, 0.1) is 12.0 Å². The van der Waals surface area contributed by atoms with Gasteiger partial charge in [-0.25, -0.2) is 13.1 Å². The van der Waals surface area contributed by atoms with E-state index in [0.29, 0.717) is 16.8 Å². The van der Waals surface area contributed by atoms with Gasteiger partial charge in [-0.15, -0.1) is 0 Å². The molecule has 22 heavy (non-hydrogen) atoms. The van der Waals surface area contributed by atoms with Crippen LogP contribution in [0.1, 0.15) is 12.8 Å². The minimum atomic E-state index is -3.70. The molecule has 0 atom stereocenters. The van der Waals surface area contributed by atoms with E-state index in [1.54, 1.807) is 30.3 Å². The van der Waals surface area contributed by atoms with Crippen LogP contribution in [-0.4, -0.2) is 28.0 Å². The average Bonchev–Trinajstić information content (AvgIpc) is 2.51. The van der Waals surface area contributed by atoms with Crippen LogP contribution in [0.15, 0.2) is 41.3 Å². The second-order valence-electron chi connectivity index (χ2n) is 4.67. The Hall–Kier alpha value is -1.63. The Balaban J connectivity index is 2.21. The topological polar surface area (TPSA) is 72.5 Å². The number of esters is 1. The number of sulfonamides is 1. The average molecular weight is 342 g/mol. The predicted octanol–water partition coefficient (Wildman–Crippen LogP) is 2.72. The van der Waals surface area contributed by atoms with E-state index in [1.165, 1.54) is 13.2 Å². The van der Waals surface area contributed by atoms with E-state index in [0.717, 1.165) is 5.39 Å². The fourth-order valence-electron chi connectivity index (χ4n) is 2.11. The van der Waals surface area contributed by atoms with Crippen molar-refractivity contribution in [1.29, 1.82) is 0 Å². The van der Waals surface area contributed by atoms with Crippen LogP contribution in [0.25, 0.3) is 10.8 Å².